The Morgan fingerprint density at radius 1 is 0.971 bits per heavy atom. The topological polar surface area (TPSA) is 123 Å². The van der Waals surface area contributed by atoms with Gasteiger partial charge in [0, 0.05) is 18.7 Å². The number of aromatic carboxylic acids is 1. The van der Waals surface area contributed by atoms with E-state index in [1.165, 1.54) is 12.1 Å². The number of ether oxygens (including phenoxy) is 3. The quantitative estimate of drug-likeness (QED) is 0.367. The lowest BCUT2D eigenvalue weighted by Gasteiger charge is -2.19. The third-order valence-electron chi connectivity index (χ3n) is 4.28. The maximum absolute atomic E-state index is 12.4. The third-order valence-corrected chi connectivity index (χ3v) is 4.88. The number of carbonyl (C=O) groups excluding carboxylic acids is 2. The molecule has 0 spiro atoms. The Kier molecular flexibility index (Phi) is 10.6. The van der Waals surface area contributed by atoms with Gasteiger partial charge < -0.3 is 30.0 Å². The Balaban J connectivity index is 1.74. The van der Waals surface area contributed by atoms with Gasteiger partial charge in [0.15, 0.2) is 0 Å². The fourth-order valence-corrected chi connectivity index (χ4v) is 3.45. The molecule has 0 fully saturated rings. The smallest absolute Gasteiger partial charge is 0.407 e. The number of carboxylic acids is 1. The van der Waals surface area contributed by atoms with Gasteiger partial charge >= 0.3 is 12.1 Å². The van der Waals surface area contributed by atoms with Gasteiger partial charge in [-0.15, -0.1) is 0 Å². The van der Waals surface area contributed by atoms with E-state index in [1.54, 1.807) is 39.0 Å². The van der Waals surface area contributed by atoms with Crippen LogP contribution in [0.5, 0.6) is 5.75 Å². The molecule has 0 aliphatic rings. The molecule has 0 radical (unpaired) electrons. The number of nitrogens with one attached hydrogen (secondary N) is 2. The molecule has 0 aliphatic heterocycles. The first kappa shape index (κ1) is 28.2. The van der Waals surface area contributed by atoms with Crippen LogP contribution in [-0.4, -0.2) is 55.0 Å². The van der Waals surface area contributed by atoms with Crippen LogP contribution in [0, 0.1) is 0 Å². The highest BCUT2D eigenvalue weighted by atomic mass is 35.5. The van der Waals surface area contributed by atoms with Gasteiger partial charge in [-0.1, -0.05) is 35.3 Å². The summed E-state index contributed by atoms with van der Waals surface area (Å²) in [6.07, 6.45) is -0.496. The Morgan fingerprint density at radius 3 is 2.29 bits per heavy atom. The molecular weight excluding hydrogens is 499 g/mol. The number of hydrogen-bond donors (Lipinski definition) is 3. The molecule has 2 aromatic rings. The number of halogens is 2. The number of carboxylic acid groups (broad SMARTS) is 1. The predicted molar refractivity (Wildman–Crippen MR) is 132 cm³/mol. The summed E-state index contributed by atoms with van der Waals surface area (Å²) in [7, 11) is 0. The summed E-state index contributed by atoms with van der Waals surface area (Å²) < 4.78 is 16.2. The highest BCUT2D eigenvalue weighted by Gasteiger charge is 2.18. The number of alkyl carbamates (subject to hydrolysis) is 1. The number of benzene rings is 2. The second-order valence-corrected chi connectivity index (χ2v) is 9.15. The molecule has 0 aliphatic carbocycles. The van der Waals surface area contributed by atoms with E-state index in [-0.39, 0.29) is 27.7 Å². The zero-order valence-electron chi connectivity index (χ0n) is 19.7. The fourth-order valence-electron chi connectivity index (χ4n) is 2.80. The standard InChI is InChI=1S/C24H28Cl2N2O7/c1-24(2,3)35-23(32)27-7-8-33-9-10-34-17-6-4-5-15(11-17)14-28-21(29)16-12-18(25)20(22(30)31)19(26)13-16/h4-6,11-13H,7-10,14H2,1-3H3,(H,27,32)(H,28,29)(H,30,31). The summed E-state index contributed by atoms with van der Waals surface area (Å²) in [6.45, 7) is 6.83. The molecule has 190 valence electrons. The van der Waals surface area contributed by atoms with Crippen molar-refractivity contribution in [3.05, 3.63) is 63.1 Å². The van der Waals surface area contributed by atoms with E-state index in [9.17, 15) is 14.4 Å². The van der Waals surface area contributed by atoms with Gasteiger partial charge in [0.05, 0.1) is 28.8 Å². The van der Waals surface area contributed by atoms with Gasteiger partial charge in [-0.05, 0) is 50.6 Å². The summed E-state index contributed by atoms with van der Waals surface area (Å²) in [4.78, 5) is 35.1. The van der Waals surface area contributed by atoms with Crippen LogP contribution in [0.4, 0.5) is 4.79 Å². The monoisotopic (exact) mass is 526 g/mol. The van der Waals surface area contributed by atoms with Crippen molar-refractivity contribution in [2.75, 3.05) is 26.4 Å². The van der Waals surface area contributed by atoms with E-state index in [2.05, 4.69) is 10.6 Å². The maximum atomic E-state index is 12.4. The number of hydrogen-bond acceptors (Lipinski definition) is 6. The first-order valence-electron chi connectivity index (χ1n) is 10.7. The van der Waals surface area contributed by atoms with E-state index in [0.29, 0.717) is 32.1 Å². The minimum atomic E-state index is -1.27. The molecule has 3 N–H and O–H groups in total. The van der Waals surface area contributed by atoms with E-state index in [4.69, 9.17) is 42.5 Å². The minimum Gasteiger partial charge on any atom is -0.491 e. The van der Waals surface area contributed by atoms with Gasteiger partial charge in [-0.25, -0.2) is 9.59 Å². The van der Waals surface area contributed by atoms with Gasteiger partial charge in [0.25, 0.3) is 5.91 Å². The second-order valence-electron chi connectivity index (χ2n) is 8.34. The highest BCUT2D eigenvalue weighted by Crippen LogP contribution is 2.26. The molecular formula is C24H28Cl2N2O7. The van der Waals surface area contributed by atoms with Crippen LogP contribution in [-0.2, 0) is 16.0 Å². The van der Waals surface area contributed by atoms with Crippen molar-refractivity contribution in [3.63, 3.8) is 0 Å². The lowest BCUT2D eigenvalue weighted by molar-refractivity contribution is 0.0488. The SMILES string of the molecule is CC(C)(C)OC(=O)NCCOCCOc1cccc(CNC(=O)c2cc(Cl)c(C(=O)O)c(Cl)c2)c1. The largest absolute Gasteiger partial charge is 0.491 e. The van der Waals surface area contributed by atoms with E-state index < -0.39 is 23.6 Å². The summed E-state index contributed by atoms with van der Waals surface area (Å²) in [6, 6.07) is 9.68. The molecule has 0 saturated carbocycles. The Morgan fingerprint density at radius 2 is 1.66 bits per heavy atom. The van der Waals surface area contributed by atoms with Crippen LogP contribution < -0.4 is 15.4 Å². The predicted octanol–water partition coefficient (Wildman–Crippen LogP) is 4.54. The van der Waals surface area contributed by atoms with Crippen molar-refractivity contribution >= 4 is 41.2 Å². The Bertz CT molecular complexity index is 1030. The van der Waals surface area contributed by atoms with Gasteiger partial charge in [-0.3, -0.25) is 4.79 Å². The summed E-state index contributed by atoms with van der Waals surface area (Å²) in [5.74, 6) is -1.12. The van der Waals surface area contributed by atoms with Crippen molar-refractivity contribution in [2.24, 2.45) is 0 Å². The van der Waals surface area contributed by atoms with Crippen molar-refractivity contribution in [1.82, 2.24) is 10.6 Å². The molecule has 0 saturated heterocycles. The summed E-state index contributed by atoms with van der Waals surface area (Å²) >= 11 is 11.9. The molecule has 0 bridgehead atoms. The molecule has 2 rings (SSSR count). The van der Waals surface area contributed by atoms with Crippen molar-refractivity contribution in [3.8, 4) is 5.75 Å². The molecule has 0 heterocycles. The van der Waals surface area contributed by atoms with Crippen LogP contribution in [0.2, 0.25) is 10.0 Å². The highest BCUT2D eigenvalue weighted by molar-refractivity contribution is 6.39. The number of rotatable bonds is 11. The lowest BCUT2D eigenvalue weighted by Crippen LogP contribution is -2.34. The molecule has 35 heavy (non-hydrogen) atoms. The molecule has 0 unspecified atom stereocenters. The van der Waals surface area contributed by atoms with Crippen molar-refractivity contribution in [1.29, 1.82) is 0 Å². The summed E-state index contributed by atoms with van der Waals surface area (Å²) in [5.41, 5.74) is 0.136. The molecule has 0 aromatic heterocycles. The first-order chi connectivity index (χ1) is 16.5. The zero-order chi connectivity index (χ0) is 26.0. The van der Waals surface area contributed by atoms with E-state index in [1.807, 2.05) is 6.07 Å². The Labute approximate surface area is 213 Å². The van der Waals surface area contributed by atoms with Crippen LogP contribution >= 0.6 is 23.2 Å². The molecule has 2 amide bonds. The van der Waals surface area contributed by atoms with Gasteiger partial charge in [0.1, 0.15) is 18.0 Å². The molecule has 2 aromatic carbocycles. The Hall–Kier alpha value is -3.01. The molecule has 9 nitrogen and oxygen atoms in total. The maximum Gasteiger partial charge on any atom is 0.407 e. The zero-order valence-corrected chi connectivity index (χ0v) is 21.2. The summed E-state index contributed by atoms with van der Waals surface area (Å²) in [5, 5.41) is 14.2. The van der Waals surface area contributed by atoms with Crippen LogP contribution in [0.25, 0.3) is 0 Å². The minimum absolute atomic E-state index is 0.117. The molecule has 11 heteroatoms. The molecule has 0 atom stereocenters. The normalized spacial score (nSPS) is 11.0. The fraction of sp³-hybridized carbons (Fsp3) is 0.375. The second kappa shape index (κ2) is 13.2. The number of amides is 2. The van der Waals surface area contributed by atoms with Gasteiger partial charge in [0.2, 0.25) is 0 Å². The number of carbonyl (C=O) groups is 3. The van der Waals surface area contributed by atoms with Crippen molar-refractivity contribution in [2.45, 2.75) is 32.9 Å². The van der Waals surface area contributed by atoms with Crippen LogP contribution in [0.1, 0.15) is 47.1 Å². The van der Waals surface area contributed by atoms with Crippen LogP contribution in [0.3, 0.4) is 0 Å². The van der Waals surface area contributed by atoms with E-state index in [0.717, 1.165) is 5.56 Å². The van der Waals surface area contributed by atoms with Crippen molar-refractivity contribution < 1.29 is 33.7 Å². The average molecular weight is 527 g/mol. The third kappa shape index (κ3) is 10.0. The van der Waals surface area contributed by atoms with E-state index >= 15 is 0 Å². The average Bonchev–Trinajstić information content (AvgIpc) is 2.75. The van der Waals surface area contributed by atoms with Crippen LogP contribution in [0.15, 0.2) is 36.4 Å². The first-order valence-corrected chi connectivity index (χ1v) is 11.5. The van der Waals surface area contributed by atoms with Gasteiger partial charge in [-0.2, -0.15) is 0 Å². The lowest BCUT2D eigenvalue weighted by atomic mass is 10.1.